The van der Waals surface area contributed by atoms with Gasteiger partial charge < -0.3 is 19.5 Å². The molecule has 1 N–H and O–H groups in total. The lowest BCUT2D eigenvalue weighted by Gasteiger charge is -2.14. The number of nitrogens with zero attached hydrogens (tertiary/aromatic N) is 1. The number of amides is 1. The van der Waals surface area contributed by atoms with Crippen LogP contribution >= 0.6 is 0 Å². The van der Waals surface area contributed by atoms with Gasteiger partial charge in [-0.1, -0.05) is 24.3 Å². The Kier molecular flexibility index (Phi) is 8.61. The fraction of sp³-hybridized carbons (Fsp3) is 0.333. The maximum absolute atomic E-state index is 12.2. The molecule has 0 heterocycles. The van der Waals surface area contributed by atoms with Crippen LogP contribution in [0.2, 0.25) is 0 Å². The maximum atomic E-state index is 12.2. The molecule has 0 aliphatic rings. The molecule has 1 unspecified atom stereocenters. The molecule has 2 aromatic carbocycles. The van der Waals surface area contributed by atoms with E-state index in [4.69, 9.17) is 14.2 Å². The van der Waals surface area contributed by atoms with Crippen molar-refractivity contribution in [1.29, 1.82) is 0 Å². The fourth-order valence-electron chi connectivity index (χ4n) is 2.53. The molecule has 2 rings (SSSR count). The largest absolute Gasteiger partial charge is 0.490 e. The van der Waals surface area contributed by atoms with Crippen LogP contribution in [0, 0.1) is 10.1 Å². The quantitative estimate of drug-likeness (QED) is 0.257. The summed E-state index contributed by atoms with van der Waals surface area (Å²) in [6.07, 6.45) is -0.658. The Morgan fingerprint density at radius 2 is 1.70 bits per heavy atom. The zero-order valence-corrected chi connectivity index (χ0v) is 16.8. The SMILES string of the molecule is CCOc1ccccc1OCCCC(=O)OC(C)C(=O)Nc1ccccc1[N+](=O)[O-]. The highest BCUT2D eigenvalue weighted by atomic mass is 16.6. The number of hydrogen-bond acceptors (Lipinski definition) is 7. The number of nitro benzene ring substituents is 1. The molecule has 160 valence electrons. The highest BCUT2D eigenvalue weighted by molar-refractivity contribution is 5.96. The van der Waals surface area contributed by atoms with E-state index in [1.165, 1.54) is 25.1 Å². The molecule has 1 atom stereocenters. The van der Waals surface area contributed by atoms with Crippen molar-refractivity contribution in [3.63, 3.8) is 0 Å². The van der Waals surface area contributed by atoms with E-state index in [0.717, 1.165) is 0 Å². The van der Waals surface area contributed by atoms with Gasteiger partial charge in [0, 0.05) is 12.5 Å². The molecule has 0 saturated carbocycles. The predicted molar refractivity (Wildman–Crippen MR) is 110 cm³/mol. The van der Waals surface area contributed by atoms with Crippen LogP contribution in [0.1, 0.15) is 26.7 Å². The molecule has 30 heavy (non-hydrogen) atoms. The van der Waals surface area contributed by atoms with E-state index < -0.39 is 22.9 Å². The van der Waals surface area contributed by atoms with Crippen LogP contribution in [-0.2, 0) is 14.3 Å². The number of esters is 1. The highest BCUT2D eigenvalue weighted by Crippen LogP contribution is 2.26. The van der Waals surface area contributed by atoms with Gasteiger partial charge in [0.25, 0.3) is 11.6 Å². The number of anilines is 1. The van der Waals surface area contributed by atoms with Gasteiger partial charge in [0.05, 0.1) is 18.1 Å². The first-order chi connectivity index (χ1) is 14.4. The Hall–Kier alpha value is -3.62. The van der Waals surface area contributed by atoms with Crippen LogP contribution in [0.5, 0.6) is 11.5 Å². The first-order valence-electron chi connectivity index (χ1n) is 9.50. The lowest BCUT2D eigenvalue weighted by Crippen LogP contribution is -2.30. The zero-order chi connectivity index (χ0) is 21.9. The van der Waals surface area contributed by atoms with Crippen LogP contribution < -0.4 is 14.8 Å². The van der Waals surface area contributed by atoms with E-state index in [2.05, 4.69) is 5.32 Å². The summed E-state index contributed by atoms with van der Waals surface area (Å²) >= 11 is 0. The number of hydrogen-bond donors (Lipinski definition) is 1. The van der Waals surface area contributed by atoms with Crippen LogP contribution in [0.4, 0.5) is 11.4 Å². The number of para-hydroxylation sites is 4. The van der Waals surface area contributed by atoms with Gasteiger partial charge in [-0.25, -0.2) is 0 Å². The summed E-state index contributed by atoms with van der Waals surface area (Å²) in [5, 5.41) is 13.4. The van der Waals surface area contributed by atoms with Crippen LogP contribution in [0.25, 0.3) is 0 Å². The Labute approximate surface area is 174 Å². The molecule has 9 nitrogen and oxygen atoms in total. The van der Waals surface area contributed by atoms with E-state index in [9.17, 15) is 19.7 Å². The third-order valence-corrected chi connectivity index (χ3v) is 3.97. The predicted octanol–water partition coefficient (Wildman–Crippen LogP) is 3.72. The van der Waals surface area contributed by atoms with E-state index >= 15 is 0 Å². The summed E-state index contributed by atoms with van der Waals surface area (Å²) in [5.74, 6) is -0.00533. The first-order valence-corrected chi connectivity index (χ1v) is 9.50. The minimum absolute atomic E-state index is 0.0387. The Morgan fingerprint density at radius 1 is 1.07 bits per heavy atom. The molecule has 0 aliphatic carbocycles. The highest BCUT2D eigenvalue weighted by Gasteiger charge is 2.21. The van der Waals surface area contributed by atoms with Crippen molar-refractivity contribution >= 4 is 23.3 Å². The van der Waals surface area contributed by atoms with Crippen molar-refractivity contribution in [3.05, 3.63) is 58.6 Å². The third-order valence-electron chi connectivity index (χ3n) is 3.97. The minimum Gasteiger partial charge on any atom is -0.490 e. The average molecular weight is 416 g/mol. The lowest BCUT2D eigenvalue weighted by molar-refractivity contribution is -0.383. The number of carbonyl (C=O) groups excluding carboxylic acids is 2. The number of rotatable bonds is 11. The molecule has 1 amide bonds. The summed E-state index contributed by atoms with van der Waals surface area (Å²) in [5.41, 5.74) is -0.203. The number of nitrogens with one attached hydrogen (secondary N) is 1. The molecule has 2 aromatic rings. The van der Waals surface area contributed by atoms with Crippen molar-refractivity contribution in [2.24, 2.45) is 0 Å². The molecule has 0 fully saturated rings. The molecular formula is C21H24N2O7. The summed E-state index contributed by atoms with van der Waals surface area (Å²) < 4.78 is 16.2. The second-order valence-corrected chi connectivity index (χ2v) is 6.23. The van der Waals surface area contributed by atoms with Gasteiger partial charge in [-0.05, 0) is 38.5 Å². The lowest BCUT2D eigenvalue weighted by atomic mass is 10.2. The van der Waals surface area contributed by atoms with Gasteiger partial charge in [0.2, 0.25) is 0 Å². The molecule has 0 spiro atoms. The summed E-state index contributed by atoms with van der Waals surface area (Å²) in [7, 11) is 0. The molecule has 0 aliphatic heterocycles. The monoisotopic (exact) mass is 416 g/mol. The van der Waals surface area contributed by atoms with Gasteiger partial charge >= 0.3 is 5.97 Å². The number of nitro groups is 1. The van der Waals surface area contributed by atoms with Gasteiger partial charge in [-0.15, -0.1) is 0 Å². The third kappa shape index (κ3) is 6.77. The second kappa shape index (κ2) is 11.4. The molecule has 0 bridgehead atoms. The summed E-state index contributed by atoms with van der Waals surface area (Å²) in [6.45, 7) is 4.06. The Balaban J connectivity index is 1.77. The molecule has 0 radical (unpaired) electrons. The van der Waals surface area contributed by atoms with Crippen molar-refractivity contribution < 1.29 is 28.7 Å². The van der Waals surface area contributed by atoms with Gasteiger partial charge in [-0.2, -0.15) is 0 Å². The van der Waals surface area contributed by atoms with E-state index in [0.29, 0.717) is 24.5 Å². The standard InChI is InChI=1S/C21H24N2O7/c1-3-28-18-11-6-7-12-19(18)29-14-8-13-20(24)30-15(2)21(25)22-16-9-4-5-10-17(16)23(26)27/h4-7,9-12,15H,3,8,13-14H2,1-2H3,(H,22,25). The summed E-state index contributed by atoms with van der Waals surface area (Å²) in [4.78, 5) is 34.6. The van der Waals surface area contributed by atoms with Crippen LogP contribution in [0.3, 0.4) is 0 Å². The fourth-order valence-corrected chi connectivity index (χ4v) is 2.53. The van der Waals surface area contributed by atoms with Crippen LogP contribution in [-0.4, -0.2) is 36.1 Å². The smallest absolute Gasteiger partial charge is 0.306 e. The Morgan fingerprint density at radius 3 is 2.37 bits per heavy atom. The van der Waals surface area contributed by atoms with Crippen LogP contribution in [0.15, 0.2) is 48.5 Å². The van der Waals surface area contributed by atoms with E-state index in [-0.39, 0.29) is 24.4 Å². The van der Waals surface area contributed by atoms with E-state index in [1.807, 2.05) is 19.1 Å². The van der Waals surface area contributed by atoms with Crippen molar-refractivity contribution in [2.75, 3.05) is 18.5 Å². The minimum atomic E-state index is -1.10. The normalized spacial score (nSPS) is 11.3. The average Bonchev–Trinajstić information content (AvgIpc) is 2.72. The second-order valence-electron chi connectivity index (χ2n) is 6.23. The van der Waals surface area contributed by atoms with Crippen molar-refractivity contribution in [2.45, 2.75) is 32.8 Å². The van der Waals surface area contributed by atoms with E-state index in [1.54, 1.807) is 18.2 Å². The molecule has 0 aromatic heterocycles. The van der Waals surface area contributed by atoms with Crippen molar-refractivity contribution in [3.8, 4) is 11.5 Å². The van der Waals surface area contributed by atoms with Crippen molar-refractivity contribution in [1.82, 2.24) is 0 Å². The molecule has 0 saturated heterocycles. The topological polar surface area (TPSA) is 117 Å². The molecular weight excluding hydrogens is 392 g/mol. The van der Waals surface area contributed by atoms with Gasteiger partial charge in [-0.3, -0.25) is 19.7 Å². The number of ether oxygens (including phenoxy) is 3. The number of carbonyl (C=O) groups is 2. The number of benzene rings is 2. The zero-order valence-electron chi connectivity index (χ0n) is 16.8. The van der Waals surface area contributed by atoms with Gasteiger partial charge in [0.15, 0.2) is 17.6 Å². The Bertz CT molecular complexity index is 885. The molecule has 9 heteroatoms. The van der Waals surface area contributed by atoms with Gasteiger partial charge in [0.1, 0.15) is 5.69 Å². The summed E-state index contributed by atoms with van der Waals surface area (Å²) in [6, 6.07) is 13.0. The maximum Gasteiger partial charge on any atom is 0.306 e. The first kappa shape index (κ1) is 22.7.